The average molecular weight is 348 g/mol. The van der Waals surface area contributed by atoms with Gasteiger partial charge in [0.1, 0.15) is 5.92 Å². The van der Waals surface area contributed by atoms with Crippen molar-refractivity contribution in [3.05, 3.63) is 35.9 Å². The fraction of sp³-hybridized carbons (Fsp3) is 0.333. The van der Waals surface area contributed by atoms with Crippen LogP contribution in [0.1, 0.15) is 11.5 Å². The van der Waals surface area contributed by atoms with E-state index in [-0.39, 0.29) is 11.8 Å². The number of hydrogen-bond donors (Lipinski definition) is 2. The van der Waals surface area contributed by atoms with E-state index >= 15 is 0 Å². The van der Waals surface area contributed by atoms with Crippen LogP contribution in [0, 0.1) is 0 Å². The molecule has 0 bridgehead atoms. The summed E-state index contributed by atoms with van der Waals surface area (Å²) in [5, 5.41) is 6.66. The lowest BCUT2D eigenvalue weighted by Gasteiger charge is -2.16. The molecule has 8 heteroatoms. The Labute approximate surface area is 142 Å². The van der Waals surface area contributed by atoms with Gasteiger partial charge in [-0.1, -0.05) is 53.9 Å². The maximum absolute atomic E-state index is 12.6. The molecule has 0 atom stereocenters. The van der Waals surface area contributed by atoms with Gasteiger partial charge in [-0.05, 0) is 5.56 Å². The Morgan fingerprint density at radius 1 is 0.913 bits per heavy atom. The normalized spacial score (nSPS) is 16.9. The highest BCUT2D eigenvalue weighted by atomic mass is 32.2. The molecule has 0 unspecified atom stereocenters. The smallest absolute Gasteiger partial charge is 0.243 e. The summed E-state index contributed by atoms with van der Waals surface area (Å²) in [7, 11) is 0. The first-order valence-corrected chi connectivity index (χ1v) is 9.22. The zero-order chi connectivity index (χ0) is 16.1. The van der Waals surface area contributed by atoms with Crippen molar-refractivity contribution in [3.63, 3.8) is 0 Å². The molecule has 120 valence electrons. The summed E-state index contributed by atoms with van der Waals surface area (Å²) < 4.78 is 0. The lowest BCUT2D eigenvalue weighted by Crippen LogP contribution is -2.42. The minimum Gasteiger partial charge on any atom is -0.304 e. The molecular weight excluding hydrogens is 332 g/mol. The summed E-state index contributed by atoms with van der Waals surface area (Å²) in [6.45, 7) is 1.38. The Morgan fingerprint density at radius 3 is 1.87 bits per heavy atom. The molecule has 0 radical (unpaired) electrons. The SMILES string of the molecule is O=C(NC1=NCCS1)C(C(=O)NC1=NCCS1)c1ccccc1. The molecular formula is C15H16N4O2S2. The van der Waals surface area contributed by atoms with Gasteiger partial charge in [-0.25, -0.2) is 0 Å². The molecule has 2 N–H and O–H groups in total. The molecule has 0 aliphatic carbocycles. The summed E-state index contributed by atoms with van der Waals surface area (Å²) in [5.41, 5.74) is 0.648. The fourth-order valence-electron chi connectivity index (χ4n) is 2.24. The molecule has 1 aromatic carbocycles. The highest BCUT2D eigenvalue weighted by molar-refractivity contribution is 8.14. The molecule has 0 spiro atoms. The molecule has 0 fully saturated rings. The summed E-state index contributed by atoms with van der Waals surface area (Å²) in [6, 6.07) is 9.03. The Morgan fingerprint density at radius 2 is 1.43 bits per heavy atom. The zero-order valence-electron chi connectivity index (χ0n) is 12.3. The van der Waals surface area contributed by atoms with Crippen LogP contribution in [0.4, 0.5) is 0 Å². The van der Waals surface area contributed by atoms with Crippen LogP contribution < -0.4 is 10.6 Å². The van der Waals surface area contributed by atoms with Crippen LogP contribution in [-0.4, -0.2) is 46.7 Å². The molecule has 2 heterocycles. The van der Waals surface area contributed by atoms with E-state index < -0.39 is 5.92 Å². The summed E-state index contributed by atoms with van der Waals surface area (Å²) in [6.07, 6.45) is 0. The van der Waals surface area contributed by atoms with Crippen LogP contribution in [0.5, 0.6) is 0 Å². The number of aliphatic imine (C=N–C) groups is 2. The first-order valence-electron chi connectivity index (χ1n) is 7.25. The van der Waals surface area contributed by atoms with Gasteiger partial charge in [0, 0.05) is 11.5 Å². The van der Waals surface area contributed by atoms with E-state index in [1.165, 1.54) is 23.5 Å². The van der Waals surface area contributed by atoms with Gasteiger partial charge in [-0.2, -0.15) is 0 Å². The second-order valence-electron chi connectivity index (χ2n) is 4.89. The van der Waals surface area contributed by atoms with Crippen LogP contribution >= 0.6 is 23.5 Å². The molecule has 6 nitrogen and oxygen atoms in total. The van der Waals surface area contributed by atoms with Gasteiger partial charge < -0.3 is 10.6 Å². The maximum atomic E-state index is 12.6. The number of nitrogens with one attached hydrogen (secondary N) is 2. The number of thioether (sulfide) groups is 2. The van der Waals surface area contributed by atoms with Crippen molar-refractivity contribution >= 4 is 45.7 Å². The van der Waals surface area contributed by atoms with Crippen LogP contribution in [0.2, 0.25) is 0 Å². The lowest BCUT2D eigenvalue weighted by atomic mass is 9.97. The van der Waals surface area contributed by atoms with Gasteiger partial charge >= 0.3 is 0 Å². The van der Waals surface area contributed by atoms with Crippen LogP contribution in [0.3, 0.4) is 0 Å². The van der Waals surface area contributed by atoms with Crippen molar-refractivity contribution in [2.24, 2.45) is 9.98 Å². The molecule has 2 aliphatic heterocycles. The fourth-order valence-corrected chi connectivity index (χ4v) is 3.71. The molecule has 1 aromatic rings. The molecule has 2 aliphatic rings. The number of carbonyl (C=O) groups excluding carboxylic acids is 2. The number of carbonyl (C=O) groups is 2. The van der Waals surface area contributed by atoms with Crippen molar-refractivity contribution in [1.29, 1.82) is 0 Å². The number of rotatable bonds is 3. The van der Waals surface area contributed by atoms with Crippen molar-refractivity contribution in [2.75, 3.05) is 24.6 Å². The van der Waals surface area contributed by atoms with Crippen molar-refractivity contribution in [3.8, 4) is 0 Å². The lowest BCUT2D eigenvalue weighted by molar-refractivity contribution is -0.129. The third-order valence-corrected chi connectivity index (χ3v) is 5.07. The highest BCUT2D eigenvalue weighted by Gasteiger charge is 2.31. The van der Waals surface area contributed by atoms with E-state index in [2.05, 4.69) is 20.6 Å². The van der Waals surface area contributed by atoms with E-state index in [9.17, 15) is 9.59 Å². The van der Waals surface area contributed by atoms with Gasteiger partial charge in [-0.15, -0.1) is 0 Å². The molecule has 3 rings (SSSR count). The van der Waals surface area contributed by atoms with Crippen LogP contribution in [0.25, 0.3) is 0 Å². The predicted octanol–water partition coefficient (Wildman–Crippen LogP) is 1.21. The highest BCUT2D eigenvalue weighted by Crippen LogP contribution is 2.19. The van der Waals surface area contributed by atoms with E-state index in [1.807, 2.05) is 18.2 Å². The standard InChI is InChI=1S/C15H16N4O2S2/c20-12(18-14-16-6-8-22-14)11(10-4-2-1-3-5-10)13(21)19-15-17-7-9-23-15/h1-5,11H,6-9H2,(H,16,18,20)(H,17,19,21). The topological polar surface area (TPSA) is 82.9 Å². The Hall–Kier alpha value is -1.80. The van der Waals surface area contributed by atoms with Crippen LogP contribution in [0.15, 0.2) is 40.3 Å². The minimum atomic E-state index is -0.927. The number of benzene rings is 1. The number of amidine groups is 2. The third-order valence-electron chi connectivity index (χ3n) is 3.29. The second kappa shape index (κ2) is 7.65. The predicted molar refractivity (Wildman–Crippen MR) is 95.0 cm³/mol. The zero-order valence-corrected chi connectivity index (χ0v) is 14.0. The number of hydrogen-bond acceptors (Lipinski definition) is 6. The maximum Gasteiger partial charge on any atom is 0.243 e. The minimum absolute atomic E-state index is 0.370. The van der Waals surface area contributed by atoms with Crippen molar-refractivity contribution in [2.45, 2.75) is 5.92 Å². The monoisotopic (exact) mass is 348 g/mol. The second-order valence-corrected chi connectivity index (χ2v) is 7.06. The third kappa shape index (κ3) is 4.14. The first kappa shape index (κ1) is 16.1. The summed E-state index contributed by atoms with van der Waals surface area (Å²) >= 11 is 2.97. The molecule has 0 saturated carbocycles. The molecule has 2 amide bonds. The largest absolute Gasteiger partial charge is 0.304 e. The summed E-state index contributed by atoms with van der Waals surface area (Å²) in [5.74, 6) is 0.0381. The molecule has 0 aromatic heterocycles. The Kier molecular flexibility index (Phi) is 5.35. The van der Waals surface area contributed by atoms with Gasteiger partial charge in [0.05, 0.1) is 13.1 Å². The van der Waals surface area contributed by atoms with Gasteiger partial charge in [0.15, 0.2) is 10.3 Å². The molecule has 0 saturated heterocycles. The van der Waals surface area contributed by atoms with E-state index in [4.69, 9.17) is 0 Å². The molecule has 23 heavy (non-hydrogen) atoms. The van der Waals surface area contributed by atoms with Crippen molar-refractivity contribution < 1.29 is 9.59 Å². The number of nitrogens with zero attached hydrogens (tertiary/aromatic N) is 2. The van der Waals surface area contributed by atoms with Gasteiger partial charge in [0.25, 0.3) is 0 Å². The Bertz CT molecular complexity index is 623. The summed E-state index contributed by atoms with van der Waals surface area (Å²) in [4.78, 5) is 33.6. The van der Waals surface area contributed by atoms with Gasteiger partial charge in [0.2, 0.25) is 11.8 Å². The van der Waals surface area contributed by atoms with E-state index in [1.54, 1.807) is 12.1 Å². The Balaban J connectivity index is 1.78. The van der Waals surface area contributed by atoms with Crippen molar-refractivity contribution in [1.82, 2.24) is 10.6 Å². The first-order chi connectivity index (χ1) is 11.2. The van der Waals surface area contributed by atoms with E-state index in [0.717, 1.165) is 11.5 Å². The van der Waals surface area contributed by atoms with Crippen LogP contribution in [-0.2, 0) is 9.59 Å². The van der Waals surface area contributed by atoms with E-state index in [0.29, 0.717) is 29.0 Å². The average Bonchev–Trinajstić information content (AvgIpc) is 3.22. The quantitative estimate of drug-likeness (QED) is 0.805. The number of amides is 2. The van der Waals surface area contributed by atoms with Gasteiger partial charge in [-0.3, -0.25) is 19.6 Å².